The van der Waals surface area contributed by atoms with Crippen LogP contribution in [0.2, 0.25) is 0 Å². The van der Waals surface area contributed by atoms with Gasteiger partial charge in [-0.15, -0.1) is 0 Å². The number of carbonyl (C=O) groups is 1. The highest BCUT2D eigenvalue weighted by molar-refractivity contribution is 5.94. The Hall–Kier alpha value is -1.36. The molecule has 0 bridgehead atoms. The summed E-state index contributed by atoms with van der Waals surface area (Å²) in [5.74, 6) is 1.20. The molecule has 1 saturated heterocycles. The Bertz CT molecular complexity index is 380. The van der Waals surface area contributed by atoms with E-state index in [1.54, 1.807) is 13.0 Å². The second kappa shape index (κ2) is 4.25. The van der Waals surface area contributed by atoms with Gasteiger partial charge in [0.15, 0.2) is 5.82 Å². The SMILES string of the molecule is Cc1cc(NC(=O)C2(C)CCCNC2)no1. The van der Waals surface area contributed by atoms with Crippen molar-refractivity contribution in [2.45, 2.75) is 26.7 Å². The molecule has 1 unspecified atom stereocenters. The predicted octanol–water partition coefficient (Wildman–Crippen LogP) is 1.31. The van der Waals surface area contributed by atoms with Crippen LogP contribution in [0.3, 0.4) is 0 Å². The monoisotopic (exact) mass is 223 g/mol. The van der Waals surface area contributed by atoms with Gasteiger partial charge in [0, 0.05) is 12.6 Å². The molecule has 5 heteroatoms. The molecule has 0 aliphatic carbocycles. The summed E-state index contributed by atoms with van der Waals surface area (Å²) in [7, 11) is 0. The van der Waals surface area contributed by atoms with Crippen LogP contribution in [-0.2, 0) is 4.79 Å². The molecule has 2 N–H and O–H groups in total. The summed E-state index contributed by atoms with van der Waals surface area (Å²) in [6, 6.07) is 1.72. The molecule has 0 aromatic carbocycles. The maximum atomic E-state index is 12.1. The number of nitrogens with zero attached hydrogens (tertiary/aromatic N) is 1. The number of aromatic nitrogens is 1. The van der Waals surface area contributed by atoms with E-state index in [2.05, 4.69) is 15.8 Å². The molecule has 0 radical (unpaired) electrons. The van der Waals surface area contributed by atoms with Crippen LogP contribution in [0.4, 0.5) is 5.82 Å². The van der Waals surface area contributed by atoms with E-state index >= 15 is 0 Å². The number of piperidine rings is 1. The molecule has 16 heavy (non-hydrogen) atoms. The number of carbonyl (C=O) groups excluding carboxylic acids is 1. The molecule has 2 heterocycles. The van der Waals surface area contributed by atoms with Gasteiger partial charge in [0.1, 0.15) is 5.76 Å². The number of amides is 1. The molecule has 1 amide bonds. The third kappa shape index (κ3) is 2.24. The maximum absolute atomic E-state index is 12.1. The van der Waals surface area contributed by atoms with Crippen molar-refractivity contribution in [3.8, 4) is 0 Å². The van der Waals surface area contributed by atoms with Crippen LogP contribution in [0.1, 0.15) is 25.5 Å². The molecule has 0 saturated carbocycles. The summed E-state index contributed by atoms with van der Waals surface area (Å²) in [6.07, 6.45) is 1.93. The van der Waals surface area contributed by atoms with E-state index in [4.69, 9.17) is 4.52 Å². The molecule has 1 fully saturated rings. The minimum Gasteiger partial charge on any atom is -0.360 e. The first-order valence-electron chi connectivity index (χ1n) is 5.56. The van der Waals surface area contributed by atoms with Crippen molar-refractivity contribution in [1.29, 1.82) is 0 Å². The Labute approximate surface area is 94.6 Å². The van der Waals surface area contributed by atoms with Crippen LogP contribution >= 0.6 is 0 Å². The van der Waals surface area contributed by atoms with Crippen LogP contribution in [0.5, 0.6) is 0 Å². The quantitative estimate of drug-likeness (QED) is 0.793. The van der Waals surface area contributed by atoms with Gasteiger partial charge in [0.25, 0.3) is 0 Å². The van der Waals surface area contributed by atoms with Crippen molar-refractivity contribution < 1.29 is 9.32 Å². The Morgan fingerprint density at radius 1 is 1.69 bits per heavy atom. The fourth-order valence-corrected chi connectivity index (χ4v) is 1.94. The van der Waals surface area contributed by atoms with Gasteiger partial charge < -0.3 is 15.2 Å². The molecule has 2 rings (SSSR count). The fourth-order valence-electron chi connectivity index (χ4n) is 1.94. The number of hydrogen-bond donors (Lipinski definition) is 2. The zero-order chi connectivity index (χ0) is 11.6. The van der Waals surface area contributed by atoms with Crippen molar-refractivity contribution in [3.05, 3.63) is 11.8 Å². The third-order valence-corrected chi connectivity index (χ3v) is 3.02. The maximum Gasteiger partial charge on any atom is 0.232 e. The van der Waals surface area contributed by atoms with Crippen LogP contribution < -0.4 is 10.6 Å². The third-order valence-electron chi connectivity index (χ3n) is 3.02. The first kappa shape index (κ1) is 11.1. The van der Waals surface area contributed by atoms with E-state index in [1.165, 1.54) is 0 Å². The second-order valence-corrected chi connectivity index (χ2v) is 4.62. The highest BCUT2D eigenvalue weighted by atomic mass is 16.5. The Morgan fingerprint density at radius 2 is 2.50 bits per heavy atom. The molecular formula is C11H17N3O2. The van der Waals surface area contributed by atoms with E-state index in [0.717, 1.165) is 25.9 Å². The first-order chi connectivity index (χ1) is 7.60. The number of aryl methyl sites for hydroxylation is 1. The highest BCUT2D eigenvalue weighted by Gasteiger charge is 2.34. The average Bonchev–Trinajstić information content (AvgIpc) is 2.65. The van der Waals surface area contributed by atoms with E-state index in [0.29, 0.717) is 11.6 Å². The van der Waals surface area contributed by atoms with E-state index < -0.39 is 0 Å². The minimum absolute atomic E-state index is 0.00741. The molecule has 5 nitrogen and oxygen atoms in total. The largest absolute Gasteiger partial charge is 0.360 e. The lowest BCUT2D eigenvalue weighted by Crippen LogP contribution is -2.46. The van der Waals surface area contributed by atoms with Gasteiger partial charge in [-0.3, -0.25) is 4.79 Å². The van der Waals surface area contributed by atoms with E-state index in [9.17, 15) is 4.79 Å². The van der Waals surface area contributed by atoms with Crippen LogP contribution in [0, 0.1) is 12.3 Å². The van der Waals surface area contributed by atoms with Crippen molar-refractivity contribution in [2.75, 3.05) is 18.4 Å². The molecule has 1 aliphatic rings. The lowest BCUT2D eigenvalue weighted by Gasteiger charge is -2.32. The molecular weight excluding hydrogens is 206 g/mol. The summed E-state index contributed by atoms with van der Waals surface area (Å²) in [4.78, 5) is 12.1. The molecule has 0 spiro atoms. The summed E-state index contributed by atoms with van der Waals surface area (Å²) < 4.78 is 4.91. The van der Waals surface area contributed by atoms with Gasteiger partial charge >= 0.3 is 0 Å². The van der Waals surface area contributed by atoms with Crippen molar-refractivity contribution in [2.24, 2.45) is 5.41 Å². The van der Waals surface area contributed by atoms with Gasteiger partial charge in [0.2, 0.25) is 5.91 Å². The van der Waals surface area contributed by atoms with Crippen LogP contribution in [0.25, 0.3) is 0 Å². The first-order valence-corrected chi connectivity index (χ1v) is 5.56. The zero-order valence-electron chi connectivity index (χ0n) is 9.67. The van der Waals surface area contributed by atoms with Crippen molar-refractivity contribution >= 4 is 11.7 Å². The normalized spacial score (nSPS) is 25.4. The van der Waals surface area contributed by atoms with E-state index in [-0.39, 0.29) is 11.3 Å². The summed E-state index contributed by atoms with van der Waals surface area (Å²) in [6.45, 7) is 5.48. The van der Waals surface area contributed by atoms with Gasteiger partial charge in [-0.05, 0) is 33.2 Å². The Balaban J connectivity index is 2.01. The number of nitrogens with one attached hydrogen (secondary N) is 2. The molecule has 1 aromatic rings. The highest BCUT2D eigenvalue weighted by Crippen LogP contribution is 2.27. The number of rotatable bonds is 2. The summed E-state index contributed by atoms with van der Waals surface area (Å²) in [5, 5.41) is 9.79. The van der Waals surface area contributed by atoms with Crippen molar-refractivity contribution in [1.82, 2.24) is 10.5 Å². The summed E-state index contributed by atoms with van der Waals surface area (Å²) in [5.41, 5.74) is -0.342. The Morgan fingerprint density at radius 3 is 3.06 bits per heavy atom. The van der Waals surface area contributed by atoms with Gasteiger partial charge in [-0.25, -0.2) is 0 Å². The zero-order valence-corrected chi connectivity index (χ0v) is 9.67. The minimum atomic E-state index is -0.342. The molecule has 88 valence electrons. The van der Waals surface area contributed by atoms with Crippen molar-refractivity contribution in [3.63, 3.8) is 0 Å². The van der Waals surface area contributed by atoms with Gasteiger partial charge in [-0.2, -0.15) is 0 Å². The lowest BCUT2D eigenvalue weighted by atomic mass is 9.82. The Kier molecular flexibility index (Phi) is 2.96. The number of hydrogen-bond acceptors (Lipinski definition) is 4. The fraction of sp³-hybridized carbons (Fsp3) is 0.636. The number of anilines is 1. The topological polar surface area (TPSA) is 67.2 Å². The second-order valence-electron chi connectivity index (χ2n) is 4.62. The average molecular weight is 223 g/mol. The van der Waals surface area contributed by atoms with Gasteiger partial charge in [0.05, 0.1) is 5.41 Å². The smallest absolute Gasteiger partial charge is 0.232 e. The lowest BCUT2D eigenvalue weighted by molar-refractivity contribution is -0.125. The summed E-state index contributed by atoms with van der Waals surface area (Å²) >= 11 is 0. The standard InChI is InChI=1S/C11H17N3O2/c1-8-6-9(14-16-8)13-10(15)11(2)4-3-5-12-7-11/h6,12H,3-5,7H2,1-2H3,(H,13,14,15). The molecule has 1 aliphatic heterocycles. The van der Waals surface area contributed by atoms with E-state index in [1.807, 2.05) is 6.92 Å². The predicted molar refractivity (Wildman–Crippen MR) is 60.1 cm³/mol. The molecule has 1 atom stereocenters. The van der Waals surface area contributed by atoms with Crippen LogP contribution in [-0.4, -0.2) is 24.2 Å². The van der Waals surface area contributed by atoms with Gasteiger partial charge in [-0.1, -0.05) is 5.16 Å². The van der Waals surface area contributed by atoms with Crippen LogP contribution in [0.15, 0.2) is 10.6 Å². The molecule has 1 aromatic heterocycles.